The van der Waals surface area contributed by atoms with E-state index in [0.717, 1.165) is 12.8 Å². The van der Waals surface area contributed by atoms with Gasteiger partial charge in [-0.1, -0.05) is 0 Å². The van der Waals surface area contributed by atoms with E-state index in [4.69, 9.17) is 0 Å². The molecule has 3 heterocycles. The molecule has 4 nitrogen and oxygen atoms in total. The number of carbonyl (C=O) groups is 1. The maximum absolute atomic E-state index is 12.5. The van der Waals surface area contributed by atoms with E-state index in [2.05, 4.69) is 9.72 Å². The number of alkyl halides is 3. The molecule has 2 bridgehead atoms. The molecule has 0 saturated carbocycles. The van der Waals surface area contributed by atoms with Gasteiger partial charge < -0.3 is 4.74 Å². The fourth-order valence-corrected chi connectivity index (χ4v) is 5.37. The zero-order valence-electron chi connectivity index (χ0n) is 12.2. The van der Waals surface area contributed by atoms with Gasteiger partial charge in [0.2, 0.25) is 5.88 Å². The highest BCUT2D eigenvalue weighted by molar-refractivity contribution is 7.86. The third-order valence-electron chi connectivity index (χ3n) is 4.34. The third kappa shape index (κ3) is 3.73. The van der Waals surface area contributed by atoms with Gasteiger partial charge in [-0.3, -0.25) is 9.00 Å². The van der Waals surface area contributed by atoms with Gasteiger partial charge >= 0.3 is 6.18 Å². The van der Waals surface area contributed by atoms with E-state index in [9.17, 15) is 22.2 Å². The second-order valence-corrected chi connectivity index (χ2v) is 7.96. The van der Waals surface area contributed by atoms with Gasteiger partial charge in [0.1, 0.15) is 0 Å². The van der Waals surface area contributed by atoms with Crippen LogP contribution in [0.15, 0.2) is 18.3 Å². The van der Waals surface area contributed by atoms with Crippen LogP contribution in [-0.4, -0.2) is 38.3 Å². The molecule has 2 fully saturated rings. The maximum Gasteiger partial charge on any atom is 0.422 e. The summed E-state index contributed by atoms with van der Waals surface area (Å²) in [5.74, 6) is -0.411. The van der Waals surface area contributed by atoms with Crippen molar-refractivity contribution in [3.05, 3.63) is 23.9 Å². The Labute approximate surface area is 133 Å². The Bertz CT molecular complexity index is 601. The van der Waals surface area contributed by atoms with Crippen molar-refractivity contribution in [1.29, 1.82) is 0 Å². The standard InChI is InChI=1S/C15H16F3NO3S/c16-15(17,18)8-22-13-4-1-9(7-19-13)14(20)10-5-11-2-3-12(6-10)23(11)21/h1,4,7,10-12H,2-3,5-6,8H2. The lowest BCUT2D eigenvalue weighted by Gasteiger charge is -2.26. The van der Waals surface area contributed by atoms with Crippen molar-refractivity contribution in [2.45, 2.75) is 42.4 Å². The van der Waals surface area contributed by atoms with Crippen LogP contribution in [0.25, 0.3) is 0 Å². The van der Waals surface area contributed by atoms with Crippen LogP contribution in [-0.2, 0) is 10.8 Å². The summed E-state index contributed by atoms with van der Waals surface area (Å²) in [4.78, 5) is 16.3. The summed E-state index contributed by atoms with van der Waals surface area (Å²) in [5.41, 5.74) is 0.362. The van der Waals surface area contributed by atoms with Gasteiger partial charge in [0, 0.05) is 45.0 Å². The first-order valence-electron chi connectivity index (χ1n) is 7.42. The lowest BCUT2D eigenvalue weighted by atomic mass is 9.91. The Morgan fingerprint density at radius 2 is 1.91 bits per heavy atom. The van der Waals surface area contributed by atoms with Crippen LogP contribution >= 0.6 is 0 Å². The topological polar surface area (TPSA) is 56.3 Å². The number of Topliss-reactive ketones (excluding diaryl/α,β-unsaturated/α-hetero) is 1. The second-order valence-electron chi connectivity index (χ2n) is 5.97. The van der Waals surface area contributed by atoms with Crippen LogP contribution in [0.2, 0.25) is 0 Å². The SMILES string of the molecule is O=C(c1ccc(OCC(F)(F)F)nc1)C1CC2CCC(C1)S2=O. The van der Waals surface area contributed by atoms with Gasteiger partial charge in [0.25, 0.3) is 0 Å². The fourth-order valence-electron chi connectivity index (χ4n) is 3.25. The van der Waals surface area contributed by atoms with Gasteiger partial charge in [0.15, 0.2) is 12.4 Å². The minimum absolute atomic E-state index is 0.0755. The van der Waals surface area contributed by atoms with Crippen LogP contribution in [0.3, 0.4) is 0 Å². The molecule has 2 aliphatic rings. The fraction of sp³-hybridized carbons (Fsp3) is 0.600. The number of ether oxygens (including phenoxy) is 1. The van der Waals surface area contributed by atoms with Crippen molar-refractivity contribution in [2.75, 3.05) is 6.61 Å². The van der Waals surface area contributed by atoms with E-state index in [-0.39, 0.29) is 28.1 Å². The molecule has 0 amide bonds. The molecule has 0 N–H and O–H groups in total. The molecule has 1 aromatic rings. The van der Waals surface area contributed by atoms with E-state index in [1.165, 1.54) is 18.3 Å². The smallest absolute Gasteiger partial charge is 0.422 e. The molecule has 2 unspecified atom stereocenters. The number of fused-ring (bicyclic) bond motifs is 2. The number of pyridine rings is 1. The number of ketones is 1. The Morgan fingerprint density at radius 3 is 2.43 bits per heavy atom. The summed E-state index contributed by atoms with van der Waals surface area (Å²) >= 11 is 0. The number of carbonyl (C=O) groups excluding carboxylic acids is 1. The van der Waals surface area contributed by atoms with E-state index < -0.39 is 23.6 Å². The largest absolute Gasteiger partial charge is 0.468 e. The monoisotopic (exact) mass is 347 g/mol. The average Bonchev–Trinajstić information content (AvgIpc) is 2.74. The Balaban J connectivity index is 1.63. The number of rotatable bonds is 4. The molecular formula is C15H16F3NO3S. The summed E-state index contributed by atoms with van der Waals surface area (Å²) < 4.78 is 52.7. The summed E-state index contributed by atoms with van der Waals surface area (Å²) in [6, 6.07) is 2.71. The van der Waals surface area contributed by atoms with Crippen molar-refractivity contribution >= 4 is 16.6 Å². The molecule has 0 radical (unpaired) electrons. The zero-order chi connectivity index (χ0) is 16.6. The number of aromatic nitrogens is 1. The molecule has 23 heavy (non-hydrogen) atoms. The highest BCUT2D eigenvalue weighted by Gasteiger charge is 2.42. The maximum atomic E-state index is 12.5. The minimum atomic E-state index is -4.42. The van der Waals surface area contributed by atoms with Crippen LogP contribution in [0, 0.1) is 5.92 Å². The van der Waals surface area contributed by atoms with Crippen molar-refractivity contribution in [3.8, 4) is 5.88 Å². The molecule has 8 heteroatoms. The normalized spacial score (nSPS) is 30.2. The number of halogens is 3. The predicted octanol–water partition coefficient (Wildman–Crippen LogP) is 2.90. The number of hydrogen-bond acceptors (Lipinski definition) is 4. The van der Waals surface area contributed by atoms with Gasteiger partial charge in [-0.15, -0.1) is 0 Å². The highest BCUT2D eigenvalue weighted by Crippen LogP contribution is 2.39. The summed E-state index contributed by atoms with van der Waals surface area (Å²) in [5, 5.41) is 0.204. The number of nitrogens with zero attached hydrogens (tertiary/aromatic N) is 1. The second kappa shape index (κ2) is 6.22. The highest BCUT2D eigenvalue weighted by atomic mass is 32.2. The first-order valence-corrected chi connectivity index (χ1v) is 8.70. The van der Waals surface area contributed by atoms with E-state index >= 15 is 0 Å². The third-order valence-corrected chi connectivity index (χ3v) is 6.51. The quantitative estimate of drug-likeness (QED) is 0.786. The van der Waals surface area contributed by atoms with Crippen LogP contribution < -0.4 is 4.74 Å². The average molecular weight is 347 g/mol. The minimum Gasteiger partial charge on any atom is -0.468 e. The summed E-state index contributed by atoms with van der Waals surface area (Å²) in [6.45, 7) is -1.41. The molecule has 1 aromatic heterocycles. The zero-order valence-corrected chi connectivity index (χ0v) is 13.0. The molecule has 0 aromatic carbocycles. The summed E-state index contributed by atoms with van der Waals surface area (Å²) in [7, 11) is -0.822. The Hall–Kier alpha value is -1.44. The van der Waals surface area contributed by atoms with Crippen molar-refractivity contribution in [1.82, 2.24) is 4.98 Å². The number of hydrogen-bond donors (Lipinski definition) is 0. The predicted molar refractivity (Wildman–Crippen MR) is 77.8 cm³/mol. The molecule has 2 atom stereocenters. The first kappa shape index (κ1) is 16.4. The van der Waals surface area contributed by atoms with Gasteiger partial charge in [0.05, 0.1) is 0 Å². The van der Waals surface area contributed by atoms with E-state index in [1.54, 1.807) is 0 Å². The van der Waals surface area contributed by atoms with Crippen LogP contribution in [0.4, 0.5) is 13.2 Å². The molecule has 2 aliphatic heterocycles. The van der Waals surface area contributed by atoms with Crippen LogP contribution in [0.5, 0.6) is 5.88 Å². The molecule has 126 valence electrons. The lowest BCUT2D eigenvalue weighted by molar-refractivity contribution is -0.154. The first-order chi connectivity index (χ1) is 10.8. The lowest BCUT2D eigenvalue weighted by Crippen LogP contribution is -2.32. The Morgan fingerprint density at radius 1 is 1.26 bits per heavy atom. The molecule has 0 aliphatic carbocycles. The van der Waals surface area contributed by atoms with Crippen molar-refractivity contribution in [2.24, 2.45) is 5.92 Å². The van der Waals surface area contributed by atoms with Gasteiger partial charge in [-0.25, -0.2) is 4.98 Å². The van der Waals surface area contributed by atoms with E-state index in [0.29, 0.717) is 18.4 Å². The molecule has 3 rings (SSSR count). The Kier molecular flexibility index (Phi) is 4.44. The molecule has 0 spiro atoms. The summed E-state index contributed by atoms with van der Waals surface area (Å²) in [6.07, 6.45) is -0.121. The van der Waals surface area contributed by atoms with Crippen molar-refractivity contribution in [3.63, 3.8) is 0 Å². The van der Waals surface area contributed by atoms with Crippen LogP contribution in [0.1, 0.15) is 36.0 Å². The molecular weight excluding hydrogens is 331 g/mol. The van der Waals surface area contributed by atoms with Gasteiger partial charge in [-0.05, 0) is 31.7 Å². The van der Waals surface area contributed by atoms with Gasteiger partial charge in [-0.2, -0.15) is 13.2 Å². The van der Waals surface area contributed by atoms with Crippen molar-refractivity contribution < 1.29 is 26.9 Å². The van der Waals surface area contributed by atoms with E-state index in [1.807, 2.05) is 0 Å². The molecule has 2 saturated heterocycles.